The summed E-state index contributed by atoms with van der Waals surface area (Å²) >= 11 is 0. The molecule has 0 saturated carbocycles. The number of carboxylic acids is 2. The van der Waals surface area contributed by atoms with Crippen LogP contribution >= 0.6 is 0 Å². The van der Waals surface area contributed by atoms with Crippen molar-refractivity contribution in [1.29, 1.82) is 0 Å². The Morgan fingerprint density at radius 1 is 1.00 bits per heavy atom. The van der Waals surface area contributed by atoms with Crippen LogP contribution < -0.4 is 0 Å². The third-order valence-electron chi connectivity index (χ3n) is 0.183. The molecule has 0 saturated heterocycles. The van der Waals surface area contributed by atoms with Crippen LogP contribution in [0.2, 0.25) is 0 Å². The zero-order valence-corrected chi connectivity index (χ0v) is 3.29. The van der Waals surface area contributed by atoms with Gasteiger partial charge in [-0.25, -0.2) is 9.59 Å². The molecule has 0 aliphatic carbocycles. The Hall–Kier alpha value is -0.995. The molecule has 37 valence electrons. The summed E-state index contributed by atoms with van der Waals surface area (Å²) in [6.07, 6.45) is 0. The number of rotatable bonds is 0. The highest BCUT2D eigenvalue weighted by molar-refractivity contribution is 6.27. The monoisotopic (exact) mass is 101 g/mol. The average molecular weight is 101 g/mol. The third kappa shape index (κ3) is 5.00. The molecule has 5 heteroatoms. The minimum Gasteiger partial charge on any atom is -0.473 e. The fourth-order valence-electron chi connectivity index (χ4n) is 0. The van der Waals surface area contributed by atoms with Crippen molar-refractivity contribution >= 4 is 20.4 Å². The lowest BCUT2D eigenvalue weighted by atomic mass is 10.7. The lowest BCUT2D eigenvalue weighted by Crippen LogP contribution is -2.09. The lowest BCUT2D eigenvalue weighted by Gasteiger charge is -1.72. The summed E-state index contributed by atoms with van der Waals surface area (Å²) in [4.78, 5) is 18.2. The topological polar surface area (TPSA) is 74.6 Å². The van der Waals surface area contributed by atoms with E-state index < -0.39 is 11.9 Å². The number of aliphatic carboxylic acids is 2. The Kier molecular flexibility index (Phi) is 4.29. The first-order valence-electron chi connectivity index (χ1n) is 1.11. The van der Waals surface area contributed by atoms with Gasteiger partial charge in [0.1, 0.15) is 0 Å². The largest absolute Gasteiger partial charge is 0.473 e. The molecule has 0 heterocycles. The normalized spacial score (nSPS) is 6.29. The van der Waals surface area contributed by atoms with Gasteiger partial charge in [-0.05, 0) is 0 Å². The molecule has 0 spiro atoms. The van der Waals surface area contributed by atoms with Crippen molar-refractivity contribution in [3.63, 3.8) is 0 Å². The first kappa shape index (κ1) is 9.38. The van der Waals surface area contributed by atoms with Crippen LogP contribution in [-0.2, 0) is 9.59 Å². The Labute approximate surface area is 41.3 Å². The van der Waals surface area contributed by atoms with Crippen LogP contribution in [0, 0.1) is 0 Å². The van der Waals surface area contributed by atoms with Crippen LogP contribution in [0.5, 0.6) is 0 Å². The van der Waals surface area contributed by atoms with Crippen LogP contribution in [0.25, 0.3) is 0 Å². The molecule has 0 amide bonds. The fourth-order valence-corrected chi connectivity index (χ4v) is 0. The zero-order valence-electron chi connectivity index (χ0n) is 3.29. The van der Waals surface area contributed by atoms with E-state index in [0.29, 0.717) is 0 Å². The first-order valence-corrected chi connectivity index (χ1v) is 1.11. The van der Waals surface area contributed by atoms with Crippen molar-refractivity contribution in [2.75, 3.05) is 0 Å². The second-order valence-corrected chi connectivity index (χ2v) is 0.610. The smallest absolute Gasteiger partial charge is 0.414 e. The molecule has 0 rings (SSSR count). The van der Waals surface area contributed by atoms with Gasteiger partial charge < -0.3 is 10.2 Å². The van der Waals surface area contributed by atoms with Gasteiger partial charge in [-0.2, -0.15) is 0 Å². The molecule has 2 N–H and O–H groups in total. The summed E-state index contributed by atoms with van der Waals surface area (Å²) in [7, 11) is 0. The van der Waals surface area contributed by atoms with Gasteiger partial charge in [0, 0.05) is 8.41 Å². The Balaban J connectivity index is 0. The van der Waals surface area contributed by atoms with Crippen molar-refractivity contribution < 1.29 is 19.8 Å². The Morgan fingerprint density at radius 3 is 1.14 bits per heavy atom. The van der Waals surface area contributed by atoms with E-state index in [2.05, 4.69) is 0 Å². The highest BCUT2D eigenvalue weighted by Gasteiger charge is 2.04. The molecule has 0 aromatic heterocycles. The van der Waals surface area contributed by atoms with Gasteiger partial charge in [0.2, 0.25) is 0 Å². The van der Waals surface area contributed by atoms with Crippen molar-refractivity contribution in [3.05, 3.63) is 0 Å². The number of carboxylic acid groups (broad SMARTS) is 2. The van der Waals surface area contributed by atoms with E-state index in [1.807, 2.05) is 0 Å². The summed E-state index contributed by atoms with van der Waals surface area (Å²) in [6, 6.07) is 0. The SMILES string of the molecule is O=C(O)C(=O)O.[B]. The van der Waals surface area contributed by atoms with Gasteiger partial charge in [-0.15, -0.1) is 0 Å². The number of carbonyl (C=O) groups is 2. The molecule has 7 heavy (non-hydrogen) atoms. The molecule has 0 fully saturated rings. The fraction of sp³-hybridized carbons (Fsp3) is 0. The van der Waals surface area contributed by atoms with E-state index in [1.165, 1.54) is 0 Å². The van der Waals surface area contributed by atoms with E-state index >= 15 is 0 Å². The summed E-state index contributed by atoms with van der Waals surface area (Å²) in [5.41, 5.74) is 0. The predicted molar refractivity (Wildman–Crippen MR) is 21.0 cm³/mol. The molecule has 0 aliphatic heterocycles. The Morgan fingerprint density at radius 2 is 1.14 bits per heavy atom. The number of hydrogen-bond donors (Lipinski definition) is 2. The Bertz CT molecular complexity index is 75.7. The van der Waals surface area contributed by atoms with Crippen LogP contribution in [0.4, 0.5) is 0 Å². The average Bonchev–Trinajstić information content (AvgIpc) is 1.36. The van der Waals surface area contributed by atoms with E-state index in [-0.39, 0.29) is 8.41 Å². The van der Waals surface area contributed by atoms with Gasteiger partial charge in [-0.1, -0.05) is 0 Å². The van der Waals surface area contributed by atoms with E-state index in [4.69, 9.17) is 19.8 Å². The van der Waals surface area contributed by atoms with E-state index in [1.54, 1.807) is 0 Å². The van der Waals surface area contributed by atoms with Gasteiger partial charge in [0.05, 0.1) is 0 Å². The van der Waals surface area contributed by atoms with Crippen LogP contribution in [-0.4, -0.2) is 30.6 Å². The molecular weight excluding hydrogens is 98.8 g/mol. The summed E-state index contributed by atoms with van der Waals surface area (Å²) in [5, 5.41) is 14.8. The maximum atomic E-state index is 9.10. The number of hydrogen-bond acceptors (Lipinski definition) is 2. The van der Waals surface area contributed by atoms with Crippen molar-refractivity contribution in [3.8, 4) is 0 Å². The van der Waals surface area contributed by atoms with Crippen molar-refractivity contribution in [2.24, 2.45) is 0 Å². The van der Waals surface area contributed by atoms with Crippen LogP contribution in [0.15, 0.2) is 0 Å². The second kappa shape index (κ2) is 3.20. The standard InChI is InChI=1S/C2H2O4.B/c3-1(4)2(5)6;/h(H,3,4)(H,5,6);. The minimum absolute atomic E-state index is 0. The van der Waals surface area contributed by atoms with E-state index in [9.17, 15) is 0 Å². The van der Waals surface area contributed by atoms with Crippen LogP contribution in [0.1, 0.15) is 0 Å². The molecule has 0 atom stereocenters. The molecule has 0 aliphatic rings. The highest BCUT2D eigenvalue weighted by Crippen LogP contribution is 1.56. The third-order valence-corrected chi connectivity index (χ3v) is 0.183. The van der Waals surface area contributed by atoms with Gasteiger partial charge in [0.25, 0.3) is 0 Å². The summed E-state index contributed by atoms with van der Waals surface area (Å²) in [6.45, 7) is 0. The van der Waals surface area contributed by atoms with Crippen molar-refractivity contribution in [2.45, 2.75) is 0 Å². The quantitative estimate of drug-likeness (QED) is 0.296. The molecule has 0 bridgehead atoms. The van der Waals surface area contributed by atoms with Gasteiger partial charge in [-0.3, -0.25) is 0 Å². The minimum atomic E-state index is -1.82. The maximum absolute atomic E-state index is 9.10. The maximum Gasteiger partial charge on any atom is 0.414 e. The van der Waals surface area contributed by atoms with Gasteiger partial charge >= 0.3 is 11.9 Å². The summed E-state index contributed by atoms with van der Waals surface area (Å²) < 4.78 is 0. The van der Waals surface area contributed by atoms with Crippen molar-refractivity contribution in [1.82, 2.24) is 0 Å². The highest BCUT2D eigenvalue weighted by atomic mass is 16.4. The first-order chi connectivity index (χ1) is 2.64. The molecule has 3 radical (unpaired) electrons. The second-order valence-electron chi connectivity index (χ2n) is 0.610. The van der Waals surface area contributed by atoms with Gasteiger partial charge in [0.15, 0.2) is 0 Å². The molecular formula is C2H2BO4. The van der Waals surface area contributed by atoms with Crippen LogP contribution in [0.3, 0.4) is 0 Å². The van der Waals surface area contributed by atoms with E-state index in [0.717, 1.165) is 0 Å². The molecule has 0 aromatic rings. The lowest BCUT2D eigenvalue weighted by molar-refractivity contribution is -0.159. The predicted octanol–water partition coefficient (Wildman–Crippen LogP) is -1.23. The zero-order chi connectivity index (χ0) is 5.15. The molecule has 4 nitrogen and oxygen atoms in total. The summed E-state index contributed by atoms with van der Waals surface area (Å²) in [5.74, 6) is -3.65. The molecule has 0 aromatic carbocycles. The molecule has 0 unspecified atom stereocenters.